The van der Waals surface area contributed by atoms with Gasteiger partial charge in [0.1, 0.15) is 0 Å². The number of hydrogen-bond donors (Lipinski definition) is 1. The van der Waals surface area contributed by atoms with E-state index in [2.05, 4.69) is 10.1 Å². The predicted molar refractivity (Wildman–Crippen MR) is 37.9 cm³/mol. The van der Waals surface area contributed by atoms with Crippen molar-refractivity contribution in [3.8, 4) is 0 Å². The van der Waals surface area contributed by atoms with Crippen LogP contribution >= 0.6 is 0 Å². The second-order valence-electron chi connectivity index (χ2n) is 2.93. The molecule has 1 heterocycles. The molecule has 12 heavy (non-hydrogen) atoms. The van der Waals surface area contributed by atoms with Crippen molar-refractivity contribution in [1.29, 1.82) is 0 Å². The molecule has 1 saturated heterocycles. The maximum Gasteiger partial charge on any atom is 0.414 e. The summed E-state index contributed by atoms with van der Waals surface area (Å²) in [5.74, 6) is 0. The summed E-state index contributed by atoms with van der Waals surface area (Å²) in [5, 5.41) is 2.88. The van der Waals surface area contributed by atoms with Crippen LogP contribution in [0.4, 0.5) is 13.2 Å². The van der Waals surface area contributed by atoms with E-state index < -0.39 is 12.3 Å². The topological polar surface area (TPSA) is 21.3 Å². The molecule has 0 radical (unpaired) electrons. The van der Waals surface area contributed by atoms with Gasteiger partial charge in [-0.2, -0.15) is 13.2 Å². The average Bonchev–Trinajstić information content (AvgIpc) is 2.03. The van der Waals surface area contributed by atoms with E-state index in [1.165, 1.54) is 0 Å². The third-order valence-corrected chi connectivity index (χ3v) is 2.05. The Balaban J connectivity index is 2.36. The molecular weight excluding hydrogens is 171 g/mol. The van der Waals surface area contributed by atoms with Crippen molar-refractivity contribution in [2.75, 3.05) is 13.7 Å². The van der Waals surface area contributed by atoms with Gasteiger partial charge < -0.3 is 10.1 Å². The molecule has 0 bridgehead atoms. The monoisotopic (exact) mass is 183 g/mol. The zero-order valence-electron chi connectivity index (χ0n) is 6.82. The first-order chi connectivity index (χ1) is 5.54. The molecule has 0 aromatic carbocycles. The van der Waals surface area contributed by atoms with Gasteiger partial charge in [0.25, 0.3) is 0 Å². The molecular formula is C7H12F3NO. The van der Waals surface area contributed by atoms with Crippen molar-refractivity contribution in [2.45, 2.75) is 31.2 Å². The van der Waals surface area contributed by atoms with Gasteiger partial charge in [-0.25, -0.2) is 0 Å². The largest absolute Gasteiger partial charge is 0.414 e. The number of ether oxygens (including phenoxy) is 1. The molecule has 1 aliphatic heterocycles. The van der Waals surface area contributed by atoms with Gasteiger partial charge in [0.2, 0.25) is 0 Å². The van der Waals surface area contributed by atoms with Crippen LogP contribution in [0.25, 0.3) is 0 Å². The maximum absolute atomic E-state index is 12.0. The lowest BCUT2D eigenvalue weighted by Gasteiger charge is -2.29. The van der Waals surface area contributed by atoms with Crippen LogP contribution in [0.15, 0.2) is 0 Å². The normalized spacial score (nSPS) is 32.0. The van der Waals surface area contributed by atoms with Crippen molar-refractivity contribution in [1.82, 2.24) is 5.32 Å². The van der Waals surface area contributed by atoms with E-state index in [0.29, 0.717) is 6.42 Å². The molecule has 1 rings (SSSR count). The van der Waals surface area contributed by atoms with Gasteiger partial charge >= 0.3 is 6.18 Å². The van der Waals surface area contributed by atoms with Crippen LogP contribution < -0.4 is 5.32 Å². The Morgan fingerprint density at radius 3 is 2.33 bits per heavy atom. The van der Waals surface area contributed by atoms with Crippen LogP contribution in [0.5, 0.6) is 0 Å². The summed E-state index contributed by atoms with van der Waals surface area (Å²) in [6.07, 6.45) is -5.16. The molecule has 0 spiro atoms. The minimum absolute atomic E-state index is 0.0645. The van der Waals surface area contributed by atoms with Crippen LogP contribution in [0, 0.1) is 0 Å². The summed E-state index contributed by atoms with van der Waals surface area (Å²) in [7, 11) is 1.72. The van der Waals surface area contributed by atoms with Crippen molar-refractivity contribution >= 4 is 0 Å². The highest BCUT2D eigenvalue weighted by atomic mass is 19.4. The molecule has 72 valence electrons. The molecule has 1 aliphatic rings. The predicted octanol–water partition coefficient (Wildman–Crippen LogP) is 1.32. The van der Waals surface area contributed by atoms with Crippen LogP contribution in [0.1, 0.15) is 12.8 Å². The molecule has 0 unspecified atom stereocenters. The van der Waals surface area contributed by atoms with Gasteiger partial charge in [-0.3, -0.25) is 0 Å². The summed E-state index contributed by atoms with van der Waals surface area (Å²) < 4.78 is 40.7. The second kappa shape index (κ2) is 3.62. The molecule has 1 fully saturated rings. The lowest BCUT2D eigenvalue weighted by Crippen LogP contribution is -2.43. The molecule has 2 nitrogen and oxygen atoms in total. The van der Waals surface area contributed by atoms with Crippen molar-refractivity contribution in [3.63, 3.8) is 0 Å². The summed E-state index contributed by atoms with van der Waals surface area (Å²) >= 11 is 0. The van der Waals surface area contributed by atoms with Crippen LogP contribution in [0.2, 0.25) is 0 Å². The molecule has 5 heteroatoms. The number of nitrogens with one attached hydrogen (secondary N) is 1. The van der Waals surface area contributed by atoms with Gasteiger partial charge in [-0.1, -0.05) is 0 Å². The smallest absolute Gasteiger partial charge is 0.367 e. The van der Waals surface area contributed by atoms with E-state index in [1.807, 2.05) is 0 Å². The quantitative estimate of drug-likeness (QED) is 0.661. The van der Waals surface area contributed by atoms with E-state index >= 15 is 0 Å². The van der Waals surface area contributed by atoms with E-state index in [0.717, 1.165) is 0 Å². The Morgan fingerprint density at radius 1 is 1.33 bits per heavy atom. The summed E-state index contributed by atoms with van der Waals surface area (Å²) in [6.45, 7) is 0.153. The van der Waals surface area contributed by atoms with Crippen molar-refractivity contribution in [3.05, 3.63) is 0 Å². The number of hydrogen-bond acceptors (Lipinski definition) is 2. The number of halogens is 3. The number of likely N-dealkylation sites (N-methyl/N-ethyl adjacent to an activating group) is 1. The van der Waals surface area contributed by atoms with E-state index in [1.54, 1.807) is 7.05 Å². The first kappa shape index (κ1) is 9.80. The van der Waals surface area contributed by atoms with Gasteiger partial charge in [0.05, 0.1) is 6.61 Å². The number of rotatable bonds is 1. The molecule has 0 aromatic heterocycles. The van der Waals surface area contributed by atoms with Crippen molar-refractivity contribution < 1.29 is 17.9 Å². The minimum atomic E-state index is -4.20. The summed E-state index contributed by atoms with van der Waals surface area (Å²) in [5.41, 5.74) is 0. The zero-order chi connectivity index (χ0) is 9.19. The van der Waals surface area contributed by atoms with E-state index in [4.69, 9.17) is 0 Å². The zero-order valence-corrected chi connectivity index (χ0v) is 6.82. The number of alkyl halides is 3. The van der Waals surface area contributed by atoms with Gasteiger partial charge in [-0.05, 0) is 19.9 Å². The fourth-order valence-corrected chi connectivity index (χ4v) is 1.24. The first-order valence-electron chi connectivity index (χ1n) is 3.89. The molecule has 1 N–H and O–H groups in total. The standard InChI is InChI=1S/C7H12F3NO/c1-11-5-2-3-6(12-4-5)7(8,9)10/h5-6,11H,2-4H2,1H3/t5-,6+/m0/s1. The van der Waals surface area contributed by atoms with Gasteiger partial charge in [0.15, 0.2) is 6.10 Å². The Kier molecular flexibility index (Phi) is 2.95. The molecule has 0 aliphatic carbocycles. The molecule has 0 saturated carbocycles. The third kappa shape index (κ3) is 2.35. The van der Waals surface area contributed by atoms with Crippen molar-refractivity contribution in [2.24, 2.45) is 0 Å². The second-order valence-corrected chi connectivity index (χ2v) is 2.93. The van der Waals surface area contributed by atoms with E-state index in [-0.39, 0.29) is 19.1 Å². The fourth-order valence-electron chi connectivity index (χ4n) is 1.24. The SMILES string of the molecule is CN[C@H]1CC[C@H](C(F)(F)F)OC1. The first-order valence-corrected chi connectivity index (χ1v) is 3.89. The van der Waals surface area contributed by atoms with Crippen LogP contribution in [-0.4, -0.2) is 32.0 Å². The molecule has 0 amide bonds. The van der Waals surface area contributed by atoms with Gasteiger partial charge in [-0.15, -0.1) is 0 Å². The Morgan fingerprint density at radius 2 is 2.00 bits per heavy atom. The molecule has 2 atom stereocenters. The highest BCUT2D eigenvalue weighted by Gasteiger charge is 2.42. The van der Waals surface area contributed by atoms with Gasteiger partial charge in [0, 0.05) is 6.04 Å². The highest BCUT2D eigenvalue weighted by molar-refractivity contribution is 4.78. The summed E-state index contributed by atoms with van der Waals surface area (Å²) in [6, 6.07) is 0.0728. The molecule has 0 aromatic rings. The Labute approximate surface area is 69.1 Å². The summed E-state index contributed by atoms with van der Waals surface area (Å²) in [4.78, 5) is 0. The van der Waals surface area contributed by atoms with Crippen LogP contribution in [0.3, 0.4) is 0 Å². The Hall–Kier alpha value is -0.290. The Bertz CT molecular complexity index is 140. The lowest BCUT2D eigenvalue weighted by atomic mass is 10.1. The van der Waals surface area contributed by atoms with Crippen LogP contribution in [-0.2, 0) is 4.74 Å². The lowest BCUT2D eigenvalue weighted by molar-refractivity contribution is -0.232. The van der Waals surface area contributed by atoms with E-state index in [9.17, 15) is 13.2 Å². The maximum atomic E-state index is 12.0. The average molecular weight is 183 g/mol. The minimum Gasteiger partial charge on any atom is -0.367 e. The highest BCUT2D eigenvalue weighted by Crippen LogP contribution is 2.29. The fraction of sp³-hybridized carbons (Fsp3) is 1.00. The third-order valence-electron chi connectivity index (χ3n) is 2.05.